The highest BCUT2D eigenvalue weighted by Crippen LogP contribution is 2.25. The minimum atomic E-state index is 0.603. The smallest absolute Gasteiger partial charge is 0.224 e. The maximum Gasteiger partial charge on any atom is 0.224 e. The zero-order valence-electron chi connectivity index (χ0n) is 10.4. The summed E-state index contributed by atoms with van der Waals surface area (Å²) in [4.78, 5) is 8.45. The third-order valence-electron chi connectivity index (χ3n) is 2.38. The summed E-state index contributed by atoms with van der Waals surface area (Å²) in [7, 11) is 0. The largest absolute Gasteiger partial charge is 0.354 e. The number of hydrogen-bond donors (Lipinski definition) is 2. The first kappa shape index (κ1) is 12.6. The SMILES string of the molecule is CCNc1nccc(Nc2cc(C)ccc2Cl)n1. The van der Waals surface area contributed by atoms with E-state index in [-0.39, 0.29) is 0 Å². The van der Waals surface area contributed by atoms with Gasteiger partial charge in [-0.1, -0.05) is 17.7 Å². The Morgan fingerprint density at radius 2 is 2.11 bits per heavy atom. The van der Waals surface area contributed by atoms with Crippen molar-refractivity contribution in [1.82, 2.24) is 9.97 Å². The Balaban J connectivity index is 2.22. The van der Waals surface area contributed by atoms with Crippen LogP contribution < -0.4 is 10.6 Å². The van der Waals surface area contributed by atoms with Crippen LogP contribution in [0.15, 0.2) is 30.5 Å². The molecule has 94 valence electrons. The normalized spacial score (nSPS) is 10.2. The minimum Gasteiger partial charge on any atom is -0.354 e. The summed E-state index contributed by atoms with van der Waals surface area (Å²) in [5.74, 6) is 1.32. The third kappa shape index (κ3) is 3.11. The van der Waals surface area contributed by atoms with Gasteiger partial charge in [0.05, 0.1) is 10.7 Å². The fourth-order valence-electron chi connectivity index (χ4n) is 1.54. The molecule has 0 atom stereocenters. The lowest BCUT2D eigenvalue weighted by Gasteiger charge is -2.09. The summed E-state index contributed by atoms with van der Waals surface area (Å²) < 4.78 is 0. The molecule has 0 aliphatic carbocycles. The first-order valence-corrected chi connectivity index (χ1v) is 6.17. The number of benzene rings is 1. The molecule has 0 radical (unpaired) electrons. The van der Waals surface area contributed by atoms with Crippen molar-refractivity contribution in [2.75, 3.05) is 17.2 Å². The van der Waals surface area contributed by atoms with Crippen LogP contribution in [0.2, 0.25) is 5.02 Å². The molecule has 0 amide bonds. The van der Waals surface area contributed by atoms with Crippen LogP contribution in [0.25, 0.3) is 0 Å². The van der Waals surface area contributed by atoms with Gasteiger partial charge >= 0.3 is 0 Å². The van der Waals surface area contributed by atoms with Gasteiger partial charge in [-0.05, 0) is 37.6 Å². The van der Waals surface area contributed by atoms with Crippen molar-refractivity contribution in [3.05, 3.63) is 41.0 Å². The lowest BCUT2D eigenvalue weighted by molar-refractivity contribution is 1.09. The highest BCUT2D eigenvalue weighted by Gasteiger charge is 2.03. The summed E-state index contributed by atoms with van der Waals surface area (Å²) >= 11 is 6.13. The number of anilines is 3. The standard InChI is InChI=1S/C13H15ClN4/c1-3-15-13-16-7-6-12(18-13)17-11-8-9(2)4-5-10(11)14/h4-8H,3H2,1-2H3,(H2,15,16,17,18). The van der Waals surface area contributed by atoms with Gasteiger partial charge in [0.25, 0.3) is 0 Å². The molecular formula is C13H15ClN4. The van der Waals surface area contributed by atoms with Gasteiger partial charge in [0, 0.05) is 12.7 Å². The minimum absolute atomic E-state index is 0.603. The average Bonchev–Trinajstić information content (AvgIpc) is 2.35. The summed E-state index contributed by atoms with van der Waals surface area (Å²) in [6, 6.07) is 7.63. The van der Waals surface area contributed by atoms with Crippen LogP contribution in [0.5, 0.6) is 0 Å². The van der Waals surface area contributed by atoms with E-state index in [1.54, 1.807) is 12.3 Å². The molecule has 0 unspecified atom stereocenters. The molecule has 0 saturated heterocycles. The Hall–Kier alpha value is -1.81. The molecular weight excluding hydrogens is 248 g/mol. The van der Waals surface area contributed by atoms with Gasteiger partial charge in [-0.15, -0.1) is 0 Å². The summed E-state index contributed by atoms with van der Waals surface area (Å²) in [6.45, 7) is 4.81. The van der Waals surface area contributed by atoms with Crippen molar-refractivity contribution < 1.29 is 0 Å². The van der Waals surface area contributed by atoms with Crippen molar-refractivity contribution in [3.8, 4) is 0 Å². The molecule has 0 aliphatic rings. The molecule has 1 aromatic carbocycles. The molecule has 1 heterocycles. The molecule has 2 aromatic rings. The molecule has 18 heavy (non-hydrogen) atoms. The number of aromatic nitrogens is 2. The van der Waals surface area contributed by atoms with Crippen molar-refractivity contribution >= 4 is 29.1 Å². The second kappa shape index (κ2) is 5.69. The van der Waals surface area contributed by atoms with E-state index in [9.17, 15) is 0 Å². The number of nitrogens with zero attached hydrogens (tertiary/aromatic N) is 2. The van der Waals surface area contributed by atoms with E-state index < -0.39 is 0 Å². The van der Waals surface area contributed by atoms with Crippen LogP contribution >= 0.6 is 11.6 Å². The molecule has 0 spiro atoms. The summed E-state index contributed by atoms with van der Waals surface area (Å²) in [5.41, 5.74) is 1.99. The van der Waals surface area contributed by atoms with E-state index in [1.165, 1.54) is 0 Å². The highest BCUT2D eigenvalue weighted by atomic mass is 35.5. The molecule has 5 heteroatoms. The number of halogens is 1. The molecule has 0 bridgehead atoms. The number of rotatable bonds is 4. The number of hydrogen-bond acceptors (Lipinski definition) is 4. The quantitative estimate of drug-likeness (QED) is 0.884. The Morgan fingerprint density at radius 3 is 2.89 bits per heavy atom. The van der Waals surface area contributed by atoms with E-state index in [4.69, 9.17) is 11.6 Å². The second-order valence-corrected chi connectivity index (χ2v) is 4.31. The average molecular weight is 263 g/mol. The van der Waals surface area contributed by atoms with Crippen LogP contribution in [0.4, 0.5) is 17.5 Å². The Kier molecular flexibility index (Phi) is 3.99. The van der Waals surface area contributed by atoms with Gasteiger partial charge in [-0.3, -0.25) is 0 Å². The first-order valence-electron chi connectivity index (χ1n) is 5.79. The maximum absolute atomic E-state index is 6.13. The molecule has 4 nitrogen and oxygen atoms in total. The zero-order chi connectivity index (χ0) is 13.0. The molecule has 0 saturated carbocycles. The summed E-state index contributed by atoms with van der Waals surface area (Å²) in [5, 5.41) is 6.92. The van der Waals surface area contributed by atoms with Crippen LogP contribution in [0.3, 0.4) is 0 Å². The predicted octanol–water partition coefficient (Wildman–Crippen LogP) is 3.61. The topological polar surface area (TPSA) is 49.8 Å². The molecule has 2 N–H and O–H groups in total. The molecule has 1 aromatic heterocycles. The molecule has 2 rings (SSSR count). The van der Waals surface area contributed by atoms with Crippen LogP contribution in [0, 0.1) is 6.92 Å². The van der Waals surface area contributed by atoms with Gasteiger partial charge in [-0.25, -0.2) is 4.98 Å². The van der Waals surface area contributed by atoms with Crippen molar-refractivity contribution in [1.29, 1.82) is 0 Å². The van der Waals surface area contributed by atoms with Gasteiger partial charge in [-0.2, -0.15) is 4.98 Å². The van der Waals surface area contributed by atoms with E-state index in [2.05, 4.69) is 20.6 Å². The van der Waals surface area contributed by atoms with Crippen LogP contribution in [-0.4, -0.2) is 16.5 Å². The maximum atomic E-state index is 6.13. The van der Waals surface area contributed by atoms with Crippen LogP contribution in [-0.2, 0) is 0 Å². The fourth-order valence-corrected chi connectivity index (χ4v) is 1.71. The zero-order valence-corrected chi connectivity index (χ0v) is 11.1. The molecule has 0 aliphatic heterocycles. The number of nitrogens with one attached hydrogen (secondary N) is 2. The van der Waals surface area contributed by atoms with Crippen molar-refractivity contribution in [2.24, 2.45) is 0 Å². The van der Waals surface area contributed by atoms with Gasteiger partial charge in [0.1, 0.15) is 5.82 Å². The van der Waals surface area contributed by atoms with E-state index in [0.717, 1.165) is 17.8 Å². The summed E-state index contributed by atoms with van der Waals surface area (Å²) in [6.07, 6.45) is 1.71. The third-order valence-corrected chi connectivity index (χ3v) is 2.70. The van der Waals surface area contributed by atoms with Crippen LogP contribution in [0.1, 0.15) is 12.5 Å². The van der Waals surface area contributed by atoms with E-state index >= 15 is 0 Å². The van der Waals surface area contributed by atoms with Crippen molar-refractivity contribution in [3.63, 3.8) is 0 Å². The molecule has 0 fully saturated rings. The Morgan fingerprint density at radius 1 is 1.28 bits per heavy atom. The first-order chi connectivity index (χ1) is 8.69. The lowest BCUT2D eigenvalue weighted by atomic mass is 10.2. The van der Waals surface area contributed by atoms with Gasteiger partial charge in [0.2, 0.25) is 5.95 Å². The highest BCUT2D eigenvalue weighted by molar-refractivity contribution is 6.33. The second-order valence-electron chi connectivity index (χ2n) is 3.90. The van der Waals surface area contributed by atoms with E-state index in [1.807, 2.05) is 32.0 Å². The van der Waals surface area contributed by atoms with E-state index in [0.29, 0.717) is 16.8 Å². The fraction of sp³-hybridized carbons (Fsp3) is 0.231. The number of aryl methyl sites for hydroxylation is 1. The Labute approximate surface area is 111 Å². The van der Waals surface area contributed by atoms with Gasteiger partial charge < -0.3 is 10.6 Å². The van der Waals surface area contributed by atoms with Crippen molar-refractivity contribution in [2.45, 2.75) is 13.8 Å². The monoisotopic (exact) mass is 262 g/mol. The predicted molar refractivity (Wildman–Crippen MR) is 75.7 cm³/mol. The lowest BCUT2D eigenvalue weighted by Crippen LogP contribution is -2.03. The van der Waals surface area contributed by atoms with Gasteiger partial charge in [0.15, 0.2) is 0 Å². The Bertz CT molecular complexity index is 542.